The van der Waals surface area contributed by atoms with Gasteiger partial charge in [0.05, 0.1) is 24.0 Å². The van der Waals surface area contributed by atoms with Gasteiger partial charge in [0, 0.05) is 30.4 Å². The van der Waals surface area contributed by atoms with Crippen LogP contribution in [0, 0.1) is 5.82 Å². The molecule has 4 aromatic rings. The second-order valence-electron chi connectivity index (χ2n) is 8.06. The minimum absolute atomic E-state index is 0.259. The van der Waals surface area contributed by atoms with E-state index in [1.54, 1.807) is 39.8 Å². The highest BCUT2D eigenvalue weighted by Gasteiger charge is 2.17. The summed E-state index contributed by atoms with van der Waals surface area (Å²) in [5, 5.41) is 4.35. The van der Waals surface area contributed by atoms with Gasteiger partial charge in [0.2, 0.25) is 0 Å². The van der Waals surface area contributed by atoms with E-state index in [4.69, 9.17) is 0 Å². The van der Waals surface area contributed by atoms with E-state index in [9.17, 15) is 14.0 Å². The minimum atomic E-state index is -0.295. The zero-order valence-electron chi connectivity index (χ0n) is 18.5. The maximum atomic E-state index is 14.0. The molecule has 3 aromatic heterocycles. The van der Waals surface area contributed by atoms with Gasteiger partial charge in [-0.2, -0.15) is 5.10 Å². The van der Waals surface area contributed by atoms with Gasteiger partial charge in [0.25, 0.3) is 5.56 Å². The molecule has 7 nitrogen and oxygen atoms in total. The lowest BCUT2D eigenvalue weighted by atomic mass is 10.2. The largest absolute Gasteiger partial charge is 0.349 e. The van der Waals surface area contributed by atoms with Gasteiger partial charge in [-0.1, -0.05) is 44.9 Å². The number of nitrogens with zero attached hydrogens (tertiary/aromatic N) is 4. The first-order valence-corrected chi connectivity index (χ1v) is 11.2. The average molecular weight is 438 g/mol. The van der Waals surface area contributed by atoms with Crippen LogP contribution in [0.3, 0.4) is 0 Å². The van der Waals surface area contributed by atoms with Crippen molar-refractivity contribution in [2.45, 2.75) is 59.2 Å². The van der Waals surface area contributed by atoms with Gasteiger partial charge in [0.15, 0.2) is 0 Å². The highest BCUT2D eigenvalue weighted by atomic mass is 19.1. The van der Waals surface area contributed by atoms with Crippen molar-refractivity contribution in [3.8, 4) is 11.3 Å². The van der Waals surface area contributed by atoms with Gasteiger partial charge in [0.1, 0.15) is 11.3 Å². The Labute approximate surface area is 185 Å². The maximum absolute atomic E-state index is 14.0. The van der Waals surface area contributed by atoms with E-state index in [0.29, 0.717) is 41.9 Å². The van der Waals surface area contributed by atoms with Crippen molar-refractivity contribution in [2.75, 3.05) is 0 Å². The van der Waals surface area contributed by atoms with Crippen LogP contribution in [0.2, 0.25) is 0 Å². The molecular formula is C24H28FN5O2. The van der Waals surface area contributed by atoms with Crippen molar-refractivity contribution < 1.29 is 4.39 Å². The van der Waals surface area contributed by atoms with Gasteiger partial charge in [-0.25, -0.2) is 9.18 Å². The SMILES string of the molecule is CCCCn1c(=O)c2[nH]c(-c3cnn(Cc4ccccc4F)c3)cc2n(CCCC)c1=O. The lowest BCUT2D eigenvalue weighted by molar-refractivity contribution is 0.532. The van der Waals surface area contributed by atoms with Gasteiger partial charge in [-0.3, -0.25) is 18.6 Å². The summed E-state index contributed by atoms with van der Waals surface area (Å²) in [5.74, 6) is -0.275. The highest BCUT2D eigenvalue weighted by molar-refractivity contribution is 5.82. The number of unbranched alkanes of at least 4 members (excludes halogenated alkanes) is 2. The number of halogens is 1. The molecule has 32 heavy (non-hydrogen) atoms. The second kappa shape index (κ2) is 9.38. The van der Waals surface area contributed by atoms with E-state index in [1.807, 2.05) is 13.0 Å². The average Bonchev–Trinajstić information content (AvgIpc) is 3.43. The monoisotopic (exact) mass is 437 g/mol. The molecule has 3 heterocycles. The molecule has 0 radical (unpaired) electrons. The van der Waals surface area contributed by atoms with E-state index in [0.717, 1.165) is 31.2 Å². The highest BCUT2D eigenvalue weighted by Crippen LogP contribution is 2.22. The summed E-state index contributed by atoms with van der Waals surface area (Å²) >= 11 is 0. The standard InChI is InChI=1S/C24H28FN5O2/c1-3-5-11-29-21-13-20(27-22(21)23(31)30(24(29)32)12-6-4-2)18-14-26-28(16-18)15-17-9-7-8-10-19(17)25/h7-10,13-14,16,27H,3-6,11-12,15H2,1-2H3. The van der Waals surface area contributed by atoms with E-state index in [1.165, 1.54) is 10.6 Å². The number of aryl methyl sites for hydroxylation is 1. The van der Waals surface area contributed by atoms with Crippen molar-refractivity contribution in [1.29, 1.82) is 0 Å². The summed E-state index contributed by atoms with van der Waals surface area (Å²) in [6.45, 7) is 5.37. The van der Waals surface area contributed by atoms with Crippen LogP contribution in [0.5, 0.6) is 0 Å². The third-order valence-electron chi connectivity index (χ3n) is 5.71. The fourth-order valence-corrected chi connectivity index (χ4v) is 3.88. The van der Waals surface area contributed by atoms with Crippen molar-refractivity contribution in [3.63, 3.8) is 0 Å². The Kier molecular flexibility index (Phi) is 6.39. The van der Waals surface area contributed by atoms with E-state index in [-0.39, 0.29) is 17.1 Å². The number of benzene rings is 1. The van der Waals surface area contributed by atoms with Crippen LogP contribution in [0.25, 0.3) is 22.3 Å². The van der Waals surface area contributed by atoms with Crippen LogP contribution >= 0.6 is 0 Å². The Morgan fingerprint density at radius 1 is 1.03 bits per heavy atom. The predicted octanol–water partition coefficient (Wildman–Crippen LogP) is 4.14. The summed E-state index contributed by atoms with van der Waals surface area (Å²) in [6.07, 6.45) is 6.95. The normalized spacial score (nSPS) is 11.5. The molecule has 0 aliphatic carbocycles. The Balaban J connectivity index is 1.75. The molecule has 0 aliphatic heterocycles. The Morgan fingerprint density at radius 2 is 1.75 bits per heavy atom. The van der Waals surface area contributed by atoms with Crippen molar-refractivity contribution >= 4 is 11.0 Å². The fourth-order valence-electron chi connectivity index (χ4n) is 3.88. The molecule has 0 aliphatic rings. The Morgan fingerprint density at radius 3 is 2.47 bits per heavy atom. The molecule has 0 saturated heterocycles. The van der Waals surface area contributed by atoms with Crippen LogP contribution in [0.4, 0.5) is 4.39 Å². The van der Waals surface area contributed by atoms with Gasteiger partial charge >= 0.3 is 5.69 Å². The zero-order valence-corrected chi connectivity index (χ0v) is 18.5. The molecule has 168 valence electrons. The summed E-state index contributed by atoms with van der Waals surface area (Å²) in [5.41, 5.74) is 2.50. The summed E-state index contributed by atoms with van der Waals surface area (Å²) < 4.78 is 18.7. The van der Waals surface area contributed by atoms with Gasteiger partial charge < -0.3 is 4.98 Å². The maximum Gasteiger partial charge on any atom is 0.331 e. The molecule has 0 atom stereocenters. The molecule has 8 heteroatoms. The molecule has 1 N–H and O–H groups in total. The first kappa shape index (κ1) is 21.8. The van der Waals surface area contributed by atoms with Crippen LogP contribution in [-0.2, 0) is 19.6 Å². The second-order valence-corrected chi connectivity index (χ2v) is 8.06. The third kappa shape index (κ3) is 4.17. The quantitative estimate of drug-likeness (QED) is 0.427. The number of hydrogen-bond donors (Lipinski definition) is 1. The predicted molar refractivity (Wildman–Crippen MR) is 123 cm³/mol. The van der Waals surface area contributed by atoms with E-state index in [2.05, 4.69) is 17.0 Å². The number of aromatic nitrogens is 5. The van der Waals surface area contributed by atoms with Gasteiger partial charge in [-0.15, -0.1) is 0 Å². The first-order chi connectivity index (χ1) is 15.5. The molecular weight excluding hydrogens is 409 g/mol. The fraction of sp³-hybridized carbons (Fsp3) is 0.375. The van der Waals surface area contributed by atoms with Crippen LogP contribution in [-0.4, -0.2) is 23.9 Å². The molecule has 0 spiro atoms. The summed E-state index contributed by atoms with van der Waals surface area (Å²) in [6, 6.07) is 8.44. The molecule has 0 amide bonds. The van der Waals surface area contributed by atoms with Crippen LogP contribution in [0.1, 0.15) is 45.1 Å². The number of nitrogens with one attached hydrogen (secondary N) is 1. The number of rotatable bonds is 9. The van der Waals surface area contributed by atoms with Crippen molar-refractivity contribution in [3.05, 3.63) is 74.9 Å². The third-order valence-corrected chi connectivity index (χ3v) is 5.71. The Bertz CT molecular complexity index is 1340. The van der Waals surface area contributed by atoms with Crippen LogP contribution in [0.15, 0.2) is 52.3 Å². The molecule has 1 aromatic carbocycles. The van der Waals surface area contributed by atoms with Crippen molar-refractivity contribution in [1.82, 2.24) is 23.9 Å². The first-order valence-electron chi connectivity index (χ1n) is 11.2. The zero-order chi connectivity index (χ0) is 22.7. The smallest absolute Gasteiger partial charge is 0.331 e. The number of H-pyrrole nitrogens is 1. The number of aromatic amines is 1. The molecule has 4 rings (SSSR count). The summed E-state index contributed by atoms with van der Waals surface area (Å²) in [4.78, 5) is 29.3. The van der Waals surface area contributed by atoms with E-state index >= 15 is 0 Å². The van der Waals surface area contributed by atoms with Crippen molar-refractivity contribution in [2.24, 2.45) is 0 Å². The number of hydrogen-bond acceptors (Lipinski definition) is 3. The lowest BCUT2D eigenvalue weighted by Gasteiger charge is -2.11. The topological polar surface area (TPSA) is 77.6 Å². The number of fused-ring (bicyclic) bond motifs is 1. The summed E-state index contributed by atoms with van der Waals surface area (Å²) in [7, 11) is 0. The molecule has 0 fully saturated rings. The Hall–Kier alpha value is -3.42. The lowest BCUT2D eigenvalue weighted by Crippen LogP contribution is -2.40. The van der Waals surface area contributed by atoms with Crippen LogP contribution < -0.4 is 11.2 Å². The van der Waals surface area contributed by atoms with Gasteiger partial charge in [-0.05, 0) is 25.0 Å². The molecule has 0 saturated carbocycles. The molecule has 0 bridgehead atoms. The molecule has 0 unspecified atom stereocenters. The van der Waals surface area contributed by atoms with E-state index < -0.39 is 0 Å². The minimum Gasteiger partial charge on any atom is -0.349 e.